The second-order valence-corrected chi connectivity index (χ2v) is 10.8. The van der Waals surface area contributed by atoms with Crippen molar-refractivity contribution >= 4 is 37.5 Å². The fourth-order valence-electron chi connectivity index (χ4n) is 3.93. The molecule has 0 unspecified atom stereocenters. The lowest BCUT2D eigenvalue weighted by molar-refractivity contribution is -0.137. The molecule has 0 atom stereocenters. The minimum absolute atomic E-state index is 0.00774. The fourth-order valence-corrected chi connectivity index (χ4v) is 6.65. The molecule has 1 fully saturated rings. The summed E-state index contributed by atoms with van der Waals surface area (Å²) in [7, 11) is -4.12. The molecule has 7 nitrogen and oxygen atoms in total. The van der Waals surface area contributed by atoms with E-state index in [0.717, 1.165) is 44.0 Å². The lowest BCUT2D eigenvalue weighted by Gasteiger charge is -2.34. The number of nitrogens with zero attached hydrogens (tertiary/aromatic N) is 4. The van der Waals surface area contributed by atoms with Crippen LogP contribution >= 0.6 is 11.3 Å². The molecule has 1 aliphatic rings. The number of carbonyl (C=O) groups is 1. The number of halogens is 3. The predicted molar refractivity (Wildman–Crippen MR) is 118 cm³/mol. The van der Waals surface area contributed by atoms with E-state index in [1.54, 1.807) is 11.8 Å². The average Bonchev–Trinajstić information content (AvgIpc) is 3.09. The van der Waals surface area contributed by atoms with Gasteiger partial charge in [-0.2, -0.15) is 17.5 Å². The van der Waals surface area contributed by atoms with Gasteiger partial charge in [0.15, 0.2) is 0 Å². The highest BCUT2D eigenvalue weighted by molar-refractivity contribution is 7.89. The van der Waals surface area contributed by atoms with Crippen molar-refractivity contribution in [3.05, 3.63) is 51.8 Å². The van der Waals surface area contributed by atoms with Crippen LogP contribution in [0.5, 0.6) is 0 Å². The van der Waals surface area contributed by atoms with Crippen molar-refractivity contribution in [3.8, 4) is 0 Å². The lowest BCUT2D eigenvalue weighted by atomic mass is 10.1. The van der Waals surface area contributed by atoms with Crippen LogP contribution < -0.4 is 0 Å². The molecule has 1 amide bonds. The summed E-state index contributed by atoms with van der Waals surface area (Å²) in [5, 5.41) is 0.847. The largest absolute Gasteiger partial charge is 0.416 e. The molecule has 1 aliphatic heterocycles. The number of benzene rings is 1. The summed E-state index contributed by atoms with van der Waals surface area (Å²) in [4.78, 5) is 24.3. The number of alkyl halides is 3. The van der Waals surface area contributed by atoms with E-state index in [2.05, 4.69) is 9.97 Å². The van der Waals surface area contributed by atoms with Gasteiger partial charge >= 0.3 is 6.18 Å². The molecule has 4 rings (SSSR count). The Kier molecular flexibility index (Phi) is 5.95. The molecule has 0 aliphatic carbocycles. The second kappa shape index (κ2) is 8.33. The third kappa shape index (κ3) is 4.34. The molecule has 1 aromatic carbocycles. The number of thiophene rings is 1. The first-order chi connectivity index (χ1) is 15.4. The number of hydrogen-bond donors (Lipinski definition) is 0. The molecule has 0 saturated carbocycles. The predicted octanol–water partition coefficient (Wildman–Crippen LogP) is 3.78. The van der Waals surface area contributed by atoms with Crippen LogP contribution in [0.15, 0.2) is 29.2 Å². The average molecular weight is 499 g/mol. The Morgan fingerprint density at radius 2 is 1.73 bits per heavy atom. The van der Waals surface area contributed by atoms with E-state index in [1.165, 1.54) is 11.3 Å². The molecular weight excluding hydrogens is 477 g/mol. The highest BCUT2D eigenvalue weighted by atomic mass is 32.2. The number of fused-ring (bicyclic) bond motifs is 1. The Bertz CT molecular complexity index is 1340. The third-order valence-corrected chi connectivity index (χ3v) is 8.67. The zero-order valence-electron chi connectivity index (χ0n) is 18.1. The first kappa shape index (κ1) is 23.6. The van der Waals surface area contributed by atoms with Crippen molar-refractivity contribution in [1.82, 2.24) is 19.2 Å². The number of amides is 1. The van der Waals surface area contributed by atoms with Gasteiger partial charge in [0, 0.05) is 37.3 Å². The summed E-state index contributed by atoms with van der Waals surface area (Å²) < 4.78 is 65.9. The summed E-state index contributed by atoms with van der Waals surface area (Å²) in [5.41, 5.74) is 0.560. The quantitative estimate of drug-likeness (QED) is 0.549. The standard InChI is InChI=1S/C21H21F3N4O3S2/c1-12-17-13(2)25-14(3)26-19(17)32-18(12)20(29)27-7-9-28(10-8-27)33(30,31)16-6-4-5-15(11-16)21(22,23)24/h4-6,11H,7-10H2,1-3H3. The van der Waals surface area contributed by atoms with Crippen LogP contribution in [0.3, 0.4) is 0 Å². The van der Waals surface area contributed by atoms with Crippen LogP contribution in [0.1, 0.15) is 32.3 Å². The summed E-state index contributed by atoms with van der Waals surface area (Å²) in [6, 6.07) is 3.69. The van der Waals surface area contributed by atoms with E-state index in [4.69, 9.17) is 0 Å². The van der Waals surface area contributed by atoms with E-state index in [1.807, 2.05) is 13.8 Å². The molecule has 0 bridgehead atoms. The summed E-state index contributed by atoms with van der Waals surface area (Å²) >= 11 is 1.28. The van der Waals surface area contributed by atoms with Crippen LogP contribution in [-0.4, -0.2) is 59.7 Å². The molecule has 1 saturated heterocycles. The van der Waals surface area contributed by atoms with Gasteiger partial charge in [-0.1, -0.05) is 6.07 Å². The van der Waals surface area contributed by atoms with E-state index in [9.17, 15) is 26.4 Å². The minimum atomic E-state index is -4.64. The van der Waals surface area contributed by atoms with Gasteiger partial charge in [-0.05, 0) is 44.5 Å². The first-order valence-electron chi connectivity index (χ1n) is 10.1. The summed E-state index contributed by atoms with van der Waals surface area (Å²) in [6.07, 6.45) is -4.64. The smallest absolute Gasteiger partial charge is 0.335 e. The number of hydrogen-bond acceptors (Lipinski definition) is 6. The van der Waals surface area contributed by atoms with Gasteiger partial charge < -0.3 is 4.90 Å². The highest BCUT2D eigenvalue weighted by Crippen LogP contribution is 2.33. The first-order valence-corrected chi connectivity index (χ1v) is 12.4. The van der Waals surface area contributed by atoms with Crippen LogP contribution in [0, 0.1) is 20.8 Å². The molecule has 33 heavy (non-hydrogen) atoms. The van der Waals surface area contributed by atoms with Gasteiger partial charge in [-0.25, -0.2) is 18.4 Å². The molecular formula is C21H21F3N4O3S2. The Balaban J connectivity index is 1.52. The monoisotopic (exact) mass is 498 g/mol. The maximum absolute atomic E-state index is 13.2. The van der Waals surface area contributed by atoms with Crippen molar-refractivity contribution in [1.29, 1.82) is 0 Å². The molecule has 3 heterocycles. The lowest BCUT2D eigenvalue weighted by Crippen LogP contribution is -2.50. The fraction of sp³-hybridized carbons (Fsp3) is 0.381. The van der Waals surface area contributed by atoms with Crippen molar-refractivity contribution in [2.45, 2.75) is 31.8 Å². The number of sulfonamides is 1. The van der Waals surface area contributed by atoms with Crippen molar-refractivity contribution in [2.24, 2.45) is 0 Å². The normalized spacial score (nSPS) is 15.9. The number of aryl methyl sites for hydroxylation is 3. The van der Waals surface area contributed by atoms with Crippen molar-refractivity contribution in [2.75, 3.05) is 26.2 Å². The summed E-state index contributed by atoms with van der Waals surface area (Å²) in [5.74, 6) is 0.400. The van der Waals surface area contributed by atoms with Crippen LogP contribution in [0.2, 0.25) is 0 Å². The van der Waals surface area contributed by atoms with Gasteiger partial charge in [0.25, 0.3) is 5.91 Å². The van der Waals surface area contributed by atoms with E-state index in [0.29, 0.717) is 16.8 Å². The topological polar surface area (TPSA) is 83.5 Å². The summed E-state index contributed by atoms with van der Waals surface area (Å²) in [6.45, 7) is 5.74. The van der Waals surface area contributed by atoms with E-state index < -0.39 is 26.7 Å². The number of aromatic nitrogens is 2. The SMILES string of the molecule is Cc1nc(C)c2c(C)c(C(=O)N3CCN(S(=O)(=O)c4cccc(C(F)(F)F)c4)CC3)sc2n1. The van der Waals surface area contributed by atoms with Crippen LogP contribution in [-0.2, 0) is 16.2 Å². The Morgan fingerprint density at radius 1 is 1.06 bits per heavy atom. The maximum Gasteiger partial charge on any atom is 0.416 e. The zero-order chi connectivity index (χ0) is 24.1. The Hall–Kier alpha value is -2.57. The van der Waals surface area contributed by atoms with Crippen molar-refractivity contribution in [3.63, 3.8) is 0 Å². The van der Waals surface area contributed by atoms with Crippen LogP contribution in [0.4, 0.5) is 13.2 Å². The second-order valence-electron chi connectivity index (χ2n) is 7.81. The van der Waals surface area contributed by atoms with Gasteiger partial charge in [0.1, 0.15) is 10.7 Å². The molecule has 3 aromatic rings. The molecule has 12 heteroatoms. The number of carbonyl (C=O) groups excluding carboxylic acids is 1. The Labute approximate surface area is 192 Å². The number of rotatable bonds is 3. The number of piperazine rings is 1. The molecule has 0 spiro atoms. The van der Waals surface area contributed by atoms with Crippen molar-refractivity contribution < 1.29 is 26.4 Å². The van der Waals surface area contributed by atoms with Gasteiger partial charge in [-0.3, -0.25) is 4.79 Å². The molecule has 2 aromatic heterocycles. The van der Waals surface area contributed by atoms with Gasteiger partial charge in [-0.15, -0.1) is 11.3 Å². The molecule has 176 valence electrons. The van der Waals surface area contributed by atoms with Gasteiger partial charge in [0.05, 0.1) is 15.3 Å². The highest BCUT2D eigenvalue weighted by Gasteiger charge is 2.35. The van der Waals surface area contributed by atoms with Crippen LogP contribution in [0.25, 0.3) is 10.2 Å². The maximum atomic E-state index is 13.2. The molecule has 0 radical (unpaired) electrons. The minimum Gasteiger partial charge on any atom is -0.335 e. The van der Waals surface area contributed by atoms with Gasteiger partial charge in [0.2, 0.25) is 10.0 Å². The third-order valence-electron chi connectivity index (χ3n) is 5.60. The van der Waals surface area contributed by atoms with E-state index >= 15 is 0 Å². The van der Waals surface area contributed by atoms with E-state index in [-0.39, 0.29) is 32.1 Å². The Morgan fingerprint density at radius 3 is 2.36 bits per heavy atom. The zero-order valence-corrected chi connectivity index (χ0v) is 19.7. The molecule has 0 N–H and O–H groups in total.